The quantitative estimate of drug-likeness (QED) is 0.0775. The van der Waals surface area contributed by atoms with Gasteiger partial charge in [-0.1, -0.05) is 90.9 Å². The summed E-state index contributed by atoms with van der Waals surface area (Å²) in [5.74, 6) is -0.175. The van der Waals surface area contributed by atoms with Crippen molar-refractivity contribution < 1.29 is 28.0 Å². The number of esters is 1. The standard InChI is InChI=1S/C25H53NO5P/c1-6-7-8-9-10-11-12-13-14-15-16-17-19-24(2)25(27)29-21-18-22-30-32(28)31-23-20-26(3,4)5/h24,28H,6-23H2,1-5H3/q+1. The van der Waals surface area contributed by atoms with Crippen molar-refractivity contribution in [2.75, 3.05) is 47.5 Å². The van der Waals surface area contributed by atoms with Crippen molar-refractivity contribution in [3.05, 3.63) is 0 Å². The van der Waals surface area contributed by atoms with Gasteiger partial charge in [0.15, 0.2) is 0 Å². The molecule has 0 aliphatic carbocycles. The van der Waals surface area contributed by atoms with Crippen LogP contribution >= 0.6 is 8.60 Å². The van der Waals surface area contributed by atoms with Gasteiger partial charge >= 0.3 is 14.6 Å². The van der Waals surface area contributed by atoms with Gasteiger partial charge in [-0.2, -0.15) is 0 Å². The average molecular weight is 479 g/mol. The molecule has 0 radical (unpaired) electrons. The van der Waals surface area contributed by atoms with Crippen LogP contribution in [0.5, 0.6) is 0 Å². The van der Waals surface area contributed by atoms with Gasteiger partial charge < -0.3 is 23.2 Å². The van der Waals surface area contributed by atoms with Crippen LogP contribution in [0.2, 0.25) is 0 Å². The lowest BCUT2D eigenvalue weighted by atomic mass is 10.0. The van der Waals surface area contributed by atoms with Crippen LogP contribution in [0, 0.1) is 5.92 Å². The topological polar surface area (TPSA) is 65.0 Å². The molecule has 32 heavy (non-hydrogen) atoms. The van der Waals surface area contributed by atoms with Crippen molar-refractivity contribution in [2.45, 2.75) is 104 Å². The average Bonchev–Trinajstić information content (AvgIpc) is 2.73. The highest BCUT2D eigenvalue weighted by Gasteiger charge is 2.14. The van der Waals surface area contributed by atoms with Gasteiger partial charge in [-0.15, -0.1) is 0 Å². The Bertz CT molecular complexity index is 431. The Labute approximate surface area is 200 Å². The normalized spacial score (nSPS) is 13.8. The van der Waals surface area contributed by atoms with Crippen molar-refractivity contribution in [3.8, 4) is 0 Å². The number of unbranched alkanes of at least 4 members (excludes halogenated alkanes) is 11. The molecule has 0 aromatic heterocycles. The summed E-state index contributed by atoms with van der Waals surface area (Å²) in [5, 5.41) is 0. The molecule has 0 saturated carbocycles. The molecule has 0 heterocycles. The molecule has 2 atom stereocenters. The summed E-state index contributed by atoms with van der Waals surface area (Å²) in [6.07, 6.45) is 17.4. The van der Waals surface area contributed by atoms with E-state index in [4.69, 9.17) is 13.8 Å². The second-order valence-electron chi connectivity index (χ2n) is 10.0. The number of ether oxygens (including phenoxy) is 1. The first-order valence-corrected chi connectivity index (χ1v) is 14.1. The summed E-state index contributed by atoms with van der Waals surface area (Å²) in [4.78, 5) is 21.8. The van der Waals surface area contributed by atoms with Gasteiger partial charge in [0.25, 0.3) is 0 Å². The fourth-order valence-electron chi connectivity index (χ4n) is 3.36. The Balaban J connectivity index is 3.46. The number of quaternary nitrogens is 1. The van der Waals surface area contributed by atoms with Crippen LogP contribution in [0.25, 0.3) is 0 Å². The molecule has 1 N–H and O–H groups in total. The molecule has 7 heteroatoms. The van der Waals surface area contributed by atoms with E-state index in [0.717, 1.165) is 23.9 Å². The Hall–Kier alpha value is -0.260. The van der Waals surface area contributed by atoms with Crippen molar-refractivity contribution in [3.63, 3.8) is 0 Å². The SMILES string of the molecule is CCCCCCCCCCCCCCC(C)C(=O)OCCCOP(O)OCC[N+](C)(C)C. The maximum Gasteiger partial charge on any atom is 0.330 e. The van der Waals surface area contributed by atoms with Crippen LogP contribution in [-0.2, 0) is 18.6 Å². The van der Waals surface area contributed by atoms with Gasteiger partial charge in [0.1, 0.15) is 13.2 Å². The smallest absolute Gasteiger partial charge is 0.330 e. The second kappa shape index (κ2) is 21.3. The summed E-state index contributed by atoms with van der Waals surface area (Å²) in [7, 11) is 4.35. The van der Waals surface area contributed by atoms with Crippen LogP contribution in [0.1, 0.15) is 104 Å². The highest BCUT2D eigenvalue weighted by molar-refractivity contribution is 7.40. The minimum absolute atomic E-state index is 0.0483. The zero-order chi connectivity index (χ0) is 24.1. The zero-order valence-corrected chi connectivity index (χ0v) is 22.7. The van der Waals surface area contributed by atoms with E-state index in [-0.39, 0.29) is 11.9 Å². The summed E-state index contributed by atoms with van der Waals surface area (Å²) < 4.78 is 16.6. The molecule has 6 nitrogen and oxygen atoms in total. The Morgan fingerprint density at radius 3 is 1.81 bits per heavy atom. The Morgan fingerprint density at radius 2 is 1.28 bits per heavy atom. The molecule has 0 aliphatic heterocycles. The molecule has 0 aliphatic rings. The van der Waals surface area contributed by atoms with Gasteiger partial charge in [0.2, 0.25) is 0 Å². The van der Waals surface area contributed by atoms with Gasteiger partial charge in [-0.25, -0.2) is 0 Å². The third kappa shape index (κ3) is 22.9. The predicted molar refractivity (Wildman–Crippen MR) is 134 cm³/mol. The first-order valence-electron chi connectivity index (χ1n) is 13.0. The number of hydrogen-bond donors (Lipinski definition) is 1. The predicted octanol–water partition coefficient (Wildman–Crippen LogP) is 6.61. The van der Waals surface area contributed by atoms with Gasteiger partial charge in [-0.3, -0.25) is 4.79 Å². The lowest BCUT2D eigenvalue weighted by molar-refractivity contribution is -0.870. The molecule has 0 spiro atoms. The molecule has 0 rings (SSSR count). The minimum atomic E-state index is -1.85. The molecule has 0 saturated heterocycles. The van der Waals surface area contributed by atoms with E-state index in [2.05, 4.69) is 28.1 Å². The van der Waals surface area contributed by atoms with Crippen LogP contribution in [0.4, 0.5) is 0 Å². The first-order chi connectivity index (χ1) is 15.3. The molecule has 0 bridgehead atoms. The van der Waals surface area contributed by atoms with Crippen LogP contribution in [0.3, 0.4) is 0 Å². The monoisotopic (exact) mass is 478 g/mol. The van der Waals surface area contributed by atoms with E-state index in [1.807, 2.05) is 6.92 Å². The lowest BCUT2D eigenvalue weighted by Crippen LogP contribution is -2.37. The third-order valence-corrected chi connectivity index (χ3v) is 6.40. The van der Waals surface area contributed by atoms with Crippen molar-refractivity contribution in [2.24, 2.45) is 5.92 Å². The number of likely N-dealkylation sites (N-methyl/N-ethyl adjacent to an activating group) is 1. The van der Waals surface area contributed by atoms with Crippen molar-refractivity contribution >= 4 is 14.6 Å². The lowest BCUT2D eigenvalue weighted by Gasteiger charge is -2.23. The third-order valence-electron chi connectivity index (χ3n) is 5.59. The first kappa shape index (κ1) is 31.7. The van der Waals surface area contributed by atoms with E-state index in [1.54, 1.807) is 0 Å². The molecule has 0 amide bonds. The number of carbonyl (C=O) groups is 1. The maximum absolute atomic E-state index is 12.1. The molecule has 192 valence electrons. The van der Waals surface area contributed by atoms with Gasteiger partial charge in [-0.05, 0) is 6.42 Å². The largest absolute Gasteiger partial charge is 0.465 e. The Kier molecular flexibility index (Phi) is 21.1. The summed E-state index contributed by atoms with van der Waals surface area (Å²) in [6.45, 7) is 6.12. The molecular weight excluding hydrogens is 425 g/mol. The minimum Gasteiger partial charge on any atom is -0.465 e. The zero-order valence-electron chi connectivity index (χ0n) is 21.8. The summed E-state index contributed by atoms with van der Waals surface area (Å²) in [5.41, 5.74) is 0. The number of carbonyl (C=O) groups excluding carboxylic acids is 1. The maximum atomic E-state index is 12.1. The summed E-state index contributed by atoms with van der Waals surface area (Å²) in [6, 6.07) is 0. The number of hydrogen-bond acceptors (Lipinski definition) is 5. The van der Waals surface area contributed by atoms with Crippen LogP contribution in [0.15, 0.2) is 0 Å². The highest BCUT2D eigenvalue weighted by Crippen LogP contribution is 2.32. The van der Waals surface area contributed by atoms with E-state index in [0.29, 0.717) is 26.2 Å². The molecular formula is C25H53NO5P+. The van der Waals surface area contributed by atoms with E-state index in [1.165, 1.54) is 70.6 Å². The molecule has 2 unspecified atom stereocenters. The fourth-order valence-corrected chi connectivity index (χ4v) is 3.95. The van der Waals surface area contributed by atoms with Gasteiger partial charge in [0.05, 0.1) is 40.3 Å². The van der Waals surface area contributed by atoms with Crippen LogP contribution in [-0.4, -0.2) is 62.9 Å². The van der Waals surface area contributed by atoms with E-state index in [9.17, 15) is 9.69 Å². The van der Waals surface area contributed by atoms with Gasteiger partial charge in [0, 0.05) is 6.42 Å². The number of nitrogens with zero attached hydrogens (tertiary/aromatic N) is 1. The summed E-state index contributed by atoms with van der Waals surface area (Å²) >= 11 is 0. The van der Waals surface area contributed by atoms with Crippen molar-refractivity contribution in [1.82, 2.24) is 0 Å². The number of rotatable bonds is 23. The molecule has 0 aromatic carbocycles. The fraction of sp³-hybridized carbons (Fsp3) is 0.960. The Morgan fingerprint density at radius 1 is 0.781 bits per heavy atom. The van der Waals surface area contributed by atoms with Crippen LogP contribution < -0.4 is 0 Å². The highest BCUT2D eigenvalue weighted by atomic mass is 31.2. The molecule has 0 fully saturated rings. The van der Waals surface area contributed by atoms with E-state index >= 15 is 0 Å². The molecule has 0 aromatic rings. The van der Waals surface area contributed by atoms with E-state index < -0.39 is 8.60 Å². The van der Waals surface area contributed by atoms with Crippen molar-refractivity contribution in [1.29, 1.82) is 0 Å². The second-order valence-corrected chi connectivity index (χ2v) is 11.0.